The van der Waals surface area contributed by atoms with Gasteiger partial charge in [0.2, 0.25) is 11.2 Å². The van der Waals surface area contributed by atoms with E-state index in [0.29, 0.717) is 22.3 Å². The SMILES string of the molecule is FC(F)(F)c1ccc(-c2nc(Br)c(C3CC=NC(Cl)=N3)o2)cc1. The summed E-state index contributed by atoms with van der Waals surface area (Å²) in [4.78, 5) is 12.2. The number of halogens is 5. The molecule has 0 radical (unpaired) electrons. The third-order valence-electron chi connectivity index (χ3n) is 3.16. The lowest BCUT2D eigenvalue weighted by Gasteiger charge is -2.10. The summed E-state index contributed by atoms with van der Waals surface area (Å²) in [6.07, 6.45) is -2.27. The summed E-state index contributed by atoms with van der Waals surface area (Å²) in [7, 11) is 0. The molecule has 23 heavy (non-hydrogen) atoms. The lowest BCUT2D eigenvalue weighted by molar-refractivity contribution is -0.137. The van der Waals surface area contributed by atoms with Crippen LogP contribution >= 0.6 is 27.5 Å². The van der Waals surface area contributed by atoms with Crippen molar-refractivity contribution in [1.29, 1.82) is 0 Å². The van der Waals surface area contributed by atoms with Crippen molar-refractivity contribution in [2.45, 2.75) is 18.6 Å². The molecule has 1 aliphatic rings. The van der Waals surface area contributed by atoms with Gasteiger partial charge in [0, 0.05) is 18.2 Å². The van der Waals surface area contributed by atoms with Crippen LogP contribution in [0.15, 0.2) is 43.3 Å². The first kappa shape index (κ1) is 16.2. The fourth-order valence-corrected chi connectivity index (χ4v) is 2.75. The van der Waals surface area contributed by atoms with Crippen LogP contribution in [0.2, 0.25) is 0 Å². The van der Waals surface area contributed by atoms with Crippen molar-refractivity contribution >= 4 is 39.0 Å². The highest BCUT2D eigenvalue weighted by atomic mass is 79.9. The van der Waals surface area contributed by atoms with Crippen LogP contribution in [0.3, 0.4) is 0 Å². The van der Waals surface area contributed by atoms with Crippen molar-refractivity contribution in [3.63, 3.8) is 0 Å². The van der Waals surface area contributed by atoms with Crippen LogP contribution in [0.25, 0.3) is 11.5 Å². The summed E-state index contributed by atoms with van der Waals surface area (Å²) in [5, 5.41) is 0.112. The Labute approximate surface area is 142 Å². The Morgan fingerprint density at radius 2 is 1.91 bits per heavy atom. The molecule has 120 valence electrons. The zero-order chi connectivity index (χ0) is 16.6. The maximum Gasteiger partial charge on any atom is 0.416 e. The van der Waals surface area contributed by atoms with Gasteiger partial charge in [-0.1, -0.05) is 0 Å². The third-order valence-corrected chi connectivity index (χ3v) is 3.92. The van der Waals surface area contributed by atoms with E-state index >= 15 is 0 Å². The number of aliphatic imine (C=N–C) groups is 2. The second-order valence-electron chi connectivity index (χ2n) is 4.71. The highest BCUT2D eigenvalue weighted by Crippen LogP contribution is 2.35. The number of rotatable bonds is 2. The Hall–Kier alpha value is -1.67. The molecular formula is C14H8BrClF3N3O. The van der Waals surface area contributed by atoms with E-state index in [1.165, 1.54) is 12.1 Å². The van der Waals surface area contributed by atoms with E-state index in [9.17, 15) is 13.2 Å². The topological polar surface area (TPSA) is 50.8 Å². The fraction of sp³-hybridized carbons (Fsp3) is 0.214. The normalized spacial score (nSPS) is 18.1. The summed E-state index contributed by atoms with van der Waals surface area (Å²) in [6, 6.07) is 4.21. The average molecular weight is 407 g/mol. The highest BCUT2D eigenvalue weighted by molar-refractivity contribution is 9.10. The molecular weight excluding hydrogens is 399 g/mol. The van der Waals surface area contributed by atoms with Crippen LogP contribution in [-0.2, 0) is 6.18 Å². The standard InChI is InChI=1S/C14H8BrClF3N3O/c15-11-10(9-5-6-20-13(16)21-9)23-12(22-11)7-1-3-8(4-2-7)14(17,18)19/h1-4,6,9H,5H2. The molecule has 9 heteroatoms. The molecule has 0 fully saturated rings. The van der Waals surface area contributed by atoms with E-state index in [2.05, 4.69) is 30.9 Å². The maximum absolute atomic E-state index is 12.6. The predicted octanol–water partition coefficient (Wildman–Crippen LogP) is 5.23. The lowest BCUT2D eigenvalue weighted by Crippen LogP contribution is -2.04. The highest BCUT2D eigenvalue weighted by Gasteiger charge is 2.30. The van der Waals surface area contributed by atoms with E-state index in [-0.39, 0.29) is 17.2 Å². The van der Waals surface area contributed by atoms with Gasteiger partial charge in [-0.3, -0.25) is 0 Å². The first-order valence-electron chi connectivity index (χ1n) is 6.44. The molecule has 1 aromatic heterocycles. The number of aromatic nitrogens is 1. The van der Waals surface area contributed by atoms with Gasteiger partial charge in [0.25, 0.3) is 0 Å². The van der Waals surface area contributed by atoms with Gasteiger partial charge in [0.05, 0.1) is 5.56 Å². The van der Waals surface area contributed by atoms with E-state index in [1.54, 1.807) is 6.21 Å². The Morgan fingerprint density at radius 1 is 1.22 bits per heavy atom. The minimum atomic E-state index is -4.38. The molecule has 1 aliphatic heterocycles. The maximum atomic E-state index is 12.6. The first-order chi connectivity index (χ1) is 10.8. The van der Waals surface area contributed by atoms with Crippen LogP contribution in [0, 0.1) is 0 Å². The van der Waals surface area contributed by atoms with E-state index in [0.717, 1.165) is 12.1 Å². The minimum Gasteiger partial charge on any atom is -0.438 e. The molecule has 1 atom stereocenters. The predicted molar refractivity (Wildman–Crippen MR) is 83.8 cm³/mol. The summed E-state index contributed by atoms with van der Waals surface area (Å²) in [5.41, 5.74) is -0.295. The first-order valence-corrected chi connectivity index (χ1v) is 7.61. The van der Waals surface area contributed by atoms with Crippen molar-refractivity contribution in [1.82, 2.24) is 4.98 Å². The van der Waals surface area contributed by atoms with Crippen molar-refractivity contribution in [3.8, 4) is 11.5 Å². The molecule has 4 nitrogen and oxygen atoms in total. The Bertz CT molecular complexity index is 784. The number of hydrogen-bond donors (Lipinski definition) is 0. The van der Waals surface area contributed by atoms with Crippen molar-refractivity contribution in [3.05, 3.63) is 40.2 Å². The molecule has 0 spiro atoms. The zero-order valence-corrected chi connectivity index (χ0v) is 13.7. The van der Waals surface area contributed by atoms with Crippen LogP contribution in [0.4, 0.5) is 13.2 Å². The van der Waals surface area contributed by atoms with Gasteiger partial charge in [-0.05, 0) is 51.8 Å². The second kappa shape index (κ2) is 6.09. The number of hydrogen-bond acceptors (Lipinski definition) is 4. The molecule has 0 aliphatic carbocycles. The van der Waals surface area contributed by atoms with Crippen LogP contribution < -0.4 is 0 Å². The number of nitrogens with zero attached hydrogens (tertiary/aromatic N) is 3. The number of alkyl halides is 3. The van der Waals surface area contributed by atoms with Gasteiger partial charge in [0.15, 0.2) is 10.4 Å². The molecule has 2 heterocycles. The number of benzene rings is 1. The monoisotopic (exact) mass is 405 g/mol. The molecule has 2 aromatic rings. The number of amidine groups is 1. The van der Waals surface area contributed by atoms with E-state index in [1.807, 2.05) is 0 Å². The Kier molecular flexibility index (Phi) is 4.29. The van der Waals surface area contributed by atoms with Crippen molar-refractivity contribution in [2.75, 3.05) is 0 Å². The van der Waals surface area contributed by atoms with Gasteiger partial charge < -0.3 is 4.42 Å². The average Bonchev–Trinajstić information content (AvgIpc) is 2.88. The quantitative estimate of drug-likeness (QED) is 0.641. The lowest BCUT2D eigenvalue weighted by atomic mass is 10.1. The fourth-order valence-electron chi connectivity index (χ4n) is 2.05. The van der Waals surface area contributed by atoms with Gasteiger partial charge >= 0.3 is 6.18 Å². The minimum absolute atomic E-state index is 0.112. The number of oxazole rings is 1. The van der Waals surface area contributed by atoms with Crippen molar-refractivity contribution < 1.29 is 17.6 Å². The second-order valence-corrected chi connectivity index (χ2v) is 5.80. The van der Waals surface area contributed by atoms with Gasteiger partial charge in [0.1, 0.15) is 6.04 Å². The molecule has 3 rings (SSSR count). The summed E-state index contributed by atoms with van der Waals surface area (Å²) in [6.45, 7) is 0. The van der Waals surface area contributed by atoms with Gasteiger partial charge in [-0.25, -0.2) is 15.0 Å². The van der Waals surface area contributed by atoms with E-state index in [4.69, 9.17) is 16.0 Å². The van der Waals surface area contributed by atoms with Gasteiger partial charge in [-0.15, -0.1) is 0 Å². The largest absolute Gasteiger partial charge is 0.438 e. The van der Waals surface area contributed by atoms with Crippen LogP contribution in [0.1, 0.15) is 23.8 Å². The van der Waals surface area contributed by atoms with E-state index < -0.39 is 11.7 Å². The van der Waals surface area contributed by atoms with Crippen molar-refractivity contribution in [2.24, 2.45) is 9.98 Å². The molecule has 0 bridgehead atoms. The summed E-state index contributed by atoms with van der Waals surface area (Å²) in [5.74, 6) is 0.652. The van der Waals surface area contributed by atoms with Gasteiger partial charge in [-0.2, -0.15) is 13.2 Å². The molecule has 0 N–H and O–H groups in total. The molecule has 1 aromatic carbocycles. The Balaban J connectivity index is 1.90. The zero-order valence-electron chi connectivity index (χ0n) is 11.3. The summed E-state index contributed by atoms with van der Waals surface area (Å²) >= 11 is 9.04. The van der Waals surface area contributed by atoms with Crippen LogP contribution in [-0.4, -0.2) is 16.5 Å². The Morgan fingerprint density at radius 3 is 2.52 bits per heavy atom. The molecule has 0 saturated carbocycles. The smallest absolute Gasteiger partial charge is 0.416 e. The molecule has 1 unspecified atom stereocenters. The van der Waals surface area contributed by atoms with Crippen LogP contribution in [0.5, 0.6) is 0 Å². The molecule has 0 amide bonds. The third kappa shape index (κ3) is 3.48. The summed E-state index contributed by atoms with van der Waals surface area (Å²) < 4.78 is 43.8. The molecule has 0 saturated heterocycles.